The Balaban J connectivity index is 1.51. The van der Waals surface area contributed by atoms with Crippen LogP contribution in [0, 0.1) is 46.3 Å². The Labute approximate surface area is 191 Å². The molecule has 3 fully saturated rings. The molecule has 0 bridgehead atoms. The zero-order chi connectivity index (χ0) is 22.6. The second-order valence-corrected chi connectivity index (χ2v) is 12.6. The van der Waals surface area contributed by atoms with Crippen LogP contribution in [0.2, 0.25) is 0 Å². The number of fused-ring (bicyclic) bond motifs is 5. The van der Waals surface area contributed by atoms with E-state index in [-0.39, 0.29) is 12.2 Å². The fourth-order valence-corrected chi connectivity index (χ4v) is 8.99. The van der Waals surface area contributed by atoms with Crippen molar-refractivity contribution in [3.8, 4) is 0 Å². The van der Waals surface area contributed by atoms with Crippen LogP contribution in [0.5, 0.6) is 0 Å². The van der Waals surface area contributed by atoms with Gasteiger partial charge in [0.2, 0.25) is 0 Å². The first-order valence-corrected chi connectivity index (χ1v) is 13.3. The third-order valence-electron chi connectivity index (χ3n) is 10.7. The van der Waals surface area contributed by atoms with Crippen LogP contribution >= 0.6 is 0 Å². The van der Waals surface area contributed by atoms with Gasteiger partial charge in [-0.3, -0.25) is 0 Å². The van der Waals surface area contributed by atoms with E-state index < -0.39 is 0 Å². The van der Waals surface area contributed by atoms with Crippen molar-refractivity contribution in [1.29, 1.82) is 0 Å². The molecule has 0 spiro atoms. The van der Waals surface area contributed by atoms with E-state index in [4.69, 9.17) is 0 Å². The molecule has 4 aliphatic rings. The molecule has 0 aromatic rings. The molecule has 9 atom stereocenters. The van der Waals surface area contributed by atoms with Crippen molar-refractivity contribution in [2.75, 3.05) is 0 Å². The largest absolute Gasteiger partial charge is 0.393 e. The molecule has 0 heterocycles. The lowest BCUT2D eigenvalue weighted by atomic mass is 9.47. The highest BCUT2D eigenvalue weighted by atomic mass is 16.3. The second kappa shape index (κ2) is 8.64. The molecule has 0 amide bonds. The summed E-state index contributed by atoms with van der Waals surface area (Å²) >= 11 is 0. The van der Waals surface area contributed by atoms with Crippen LogP contribution in [0.1, 0.15) is 99.3 Å². The van der Waals surface area contributed by atoms with Gasteiger partial charge in [-0.2, -0.15) is 0 Å². The average Bonchev–Trinajstić information content (AvgIpc) is 3.05. The van der Waals surface area contributed by atoms with E-state index >= 15 is 0 Å². The third kappa shape index (κ3) is 3.99. The van der Waals surface area contributed by atoms with Crippen LogP contribution in [0.4, 0.5) is 0 Å². The molecule has 0 aromatic carbocycles. The summed E-state index contributed by atoms with van der Waals surface area (Å²) in [6.45, 7) is 14.0. The van der Waals surface area contributed by atoms with Crippen LogP contribution in [-0.4, -0.2) is 22.4 Å². The van der Waals surface area contributed by atoms with Gasteiger partial charge in [-0.15, -0.1) is 0 Å². The molecule has 0 saturated heterocycles. The number of hydrogen-bond acceptors (Lipinski definition) is 2. The smallest absolute Gasteiger partial charge is 0.0724 e. The van der Waals surface area contributed by atoms with Gasteiger partial charge in [0.05, 0.1) is 12.2 Å². The van der Waals surface area contributed by atoms with Gasteiger partial charge >= 0.3 is 0 Å². The maximum absolute atomic E-state index is 10.2. The van der Waals surface area contributed by atoms with Gasteiger partial charge in [0.25, 0.3) is 0 Å². The molecule has 3 saturated carbocycles. The van der Waals surface area contributed by atoms with E-state index in [9.17, 15) is 10.2 Å². The molecule has 0 aliphatic heterocycles. The van der Waals surface area contributed by atoms with Crippen molar-refractivity contribution in [3.63, 3.8) is 0 Å². The van der Waals surface area contributed by atoms with Gasteiger partial charge in [0.15, 0.2) is 0 Å². The van der Waals surface area contributed by atoms with Crippen LogP contribution < -0.4 is 0 Å². The molecule has 0 radical (unpaired) electrons. The molecule has 31 heavy (non-hydrogen) atoms. The zero-order valence-corrected chi connectivity index (χ0v) is 21.0. The minimum Gasteiger partial charge on any atom is -0.393 e. The highest BCUT2D eigenvalue weighted by Gasteiger charge is 2.59. The van der Waals surface area contributed by atoms with E-state index in [0.717, 1.165) is 42.9 Å². The van der Waals surface area contributed by atoms with Gasteiger partial charge in [0, 0.05) is 0 Å². The highest BCUT2D eigenvalue weighted by molar-refractivity contribution is 5.25. The Hall–Kier alpha value is -0.600. The summed E-state index contributed by atoms with van der Waals surface area (Å²) in [5.74, 6) is 4.46. The second-order valence-electron chi connectivity index (χ2n) is 12.6. The Morgan fingerprint density at radius 1 is 1.06 bits per heavy atom. The standard InChI is InChI=1S/C29H48O2/c1-18(2)23(20(4)30)9-7-19(3)25-11-12-26-24-10-8-21-17-22(31)13-15-28(21,5)27(24)14-16-29(25,26)6/h8-9,18-20,22,24-27,30-31H,7,10-17H2,1-6H3/b23-9-/t19-,20-,22+,24?,25-,26?,27?,28+,29-/m1/s1. The molecule has 4 aliphatic carbocycles. The summed E-state index contributed by atoms with van der Waals surface area (Å²) < 4.78 is 0. The van der Waals surface area contributed by atoms with E-state index in [0.29, 0.717) is 22.7 Å². The molecule has 4 rings (SSSR count). The van der Waals surface area contributed by atoms with Crippen LogP contribution in [0.3, 0.4) is 0 Å². The highest BCUT2D eigenvalue weighted by Crippen LogP contribution is 2.67. The van der Waals surface area contributed by atoms with Gasteiger partial charge in [-0.05, 0) is 117 Å². The number of aliphatic hydroxyl groups is 2. The number of allylic oxidation sites excluding steroid dienone is 2. The van der Waals surface area contributed by atoms with E-state index in [1.165, 1.54) is 44.1 Å². The Morgan fingerprint density at radius 2 is 1.81 bits per heavy atom. The molecular formula is C29H48O2. The summed E-state index contributed by atoms with van der Waals surface area (Å²) in [5.41, 5.74) is 3.63. The summed E-state index contributed by atoms with van der Waals surface area (Å²) in [4.78, 5) is 0. The summed E-state index contributed by atoms with van der Waals surface area (Å²) in [6, 6.07) is 0. The fourth-order valence-electron chi connectivity index (χ4n) is 8.99. The molecule has 176 valence electrons. The lowest BCUT2D eigenvalue weighted by molar-refractivity contribution is -0.0565. The monoisotopic (exact) mass is 428 g/mol. The number of rotatable bonds is 5. The van der Waals surface area contributed by atoms with Crippen molar-refractivity contribution in [2.24, 2.45) is 46.3 Å². The van der Waals surface area contributed by atoms with E-state index in [1.54, 1.807) is 5.57 Å². The molecule has 2 nitrogen and oxygen atoms in total. The molecule has 2 N–H and O–H groups in total. The number of aliphatic hydroxyl groups excluding tert-OH is 2. The first-order valence-electron chi connectivity index (χ1n) is 13.3. The molecule has 0 aromatic heterocycles. The van der Waals surface area contributed by atoms with Gasteiger partial charge in [-0.1, -0.05) is 52.3 Å². The maximum Gasteiger partial charge on any atom is 0.0724 e. The zero-order valence-electron chi connectivity index (χ0n) is 21.0. The fraction of sp³-hybridized carbons (Fsp3) is 0.862. The van der Waals surface area contributed by atoms with Crippen molar-refractivity contribution in [2.45, 2.75) is 112 Å². The van der Waals surface area contributed by atoms with Crippen molar-refractivity contribution >= 4 is 0 Å². The Morgan fingerprint density at radius 3 is 2.48 bits per heavy atom. The Bertz CT molecular complexity index is 708. The van der Waals surface area contributed by atoms with Crippen LogP contribution in [0.25, 0.3) is 0 Å². The van der Waals surface area contributed by atoms with Crippen LogP contribution in [0.15, 0.2) is 23.3 Å². The predicted octanol–water partition coefficient (Wildman–Crippen LogP) is 6.92. The average molecular weight is 429 g/mol. The van der Waals surface area contributed by atoms with Crippen molar-refractivity contribution < 1.29 is 10.2 Å². The number of hydrogen-bond donors (Lipinski definition) is 2. The molecule has 3 unspecified atom stereocenters. The lowest BCUT2D eigenvalue weighted by Gasteiger charge is -2.58. The Kier molecular flexibility index (Phi) is 6.56. The SMILES string of the molecule is CC(C)/C(=C/C[C@@H](C)[C@H]1CCC2C3CC=C4C[C@@H](O)CC[C@]4(C)C3CC[C@@]21C)[C@@H](C)O. The van der Waals surface area contributed by atoms with Gasteiger partial charge < -0.3 is 10.2 Å². The van der Waals surface area contributed by atoms with Gasteiger partial charge in [-0.25, -0.2) is 0 Å². The summed E-state index contributed by atoms with van der Waals surface area (Å²) in [6.07, 6.45) is 15.5. The topological polar surface area (TPSA) is 40.5 Å². The molecule has 2 heteroatoms. The van der Waals surface area contributed by atoms with Crippen molar-refractivity contribution in [1.82, 2.24) is 0 Å². The van der Waals surface area contributed by atoms with Gasteiger partial charge in [0.1, 0.15) is 0 Å². The third-order valence-corrected chi connectivity index (χ3v) is 10.7. The van der Waals surface area contributed by atoms with E-state index in [2.05, 4.69) is 46.8 Å². The first-order chi connectivity index (χ1) is 14.6. The predicted molar refractivity (Wildman–Crippen MR) is 130 cm³/mol. The summed E-state index contributed by atoms with van der Waals surface area (Å²) in [7, 11) is 0. The summed E-state index contributed by atoms with van der Waals surface area (Å²) in [5, 5.41) is 20.4. The van der Waals surface area contributed by atoms with E-state index in [1.807, 2.05) is 6.92 Å². The lowest BCUT2D eigenvalue weighted by Crippen LogP contribution is -2.50. The minimum absolute atomic E-state index is 0.105. The normalized spacial score (nSPS) is 44.9. The minimum atomic E-state index is -0.326. The first kappa shape index (κ1) is 23.6. The van der Waals surface area contributed by atoms with Crippen LogP contribution in [-0.2, 0) is 0 Å². The quantitative estimate of drug-likeness (QED) is 0.467. The molecular weight excluding hydrogens is 380 g/mol. The maximum atomic E-state index is 10.2. The van der Waals surface area contributed by atoms with Crippen molar-refractivity contribution in [3.05, 3.63) is 23.3 Å².